The third-order valence-corrected chi connectivity index (χ3v) is 2.57. The fourth-order valence-electron chi connectivity index (χ4n) is 1.58. The van der Waals surface area contributed by atoms with Gasteiger partial charge in [0.15, 0.2) is 5.82 Å². The van der Waals surface area contributed by atoms with Gasteiger partial charge in [-0.2, -0.15) is 4.98 Å². The normalized spacial score (nSPS) is 12.6. The molecule has 2 rings (SSSR count). The lowest BCUT2D eigenvalue weighted by molar-refractivity contribution is 0.351. The van der Waals surface area contributed by atoms with Crippen LogP contribution in [0.15, 0.2) is 28.9 Å². The topological polar surface area (TPSA) is 77.8 Å². The zero-order chi connectivity index (χ0) is 12.1. The average molecular weight is 232 g/mol. The number of hydrogen-bond acceptors (Lipinski definition) is 5. The maximum absolute atomic E-state index is 5.50. The van der Waals surface area contributed by atoms with Crippen molar-refractivity contribution >= 4 is 0 Å². The van der Waals surface area contributed by atoms with Gasteiger partial charge in [0.25, 0.3) is 0 Å². The summed E-state index contributed by atoms with van der Waals surface area (Å²) in [5, 5.41) is 3.95. The van der Waals surface area contributed by atoms with E-state index in [0.717, 1.165) is 12.1 Å². The van der Waals surface area contributed by atoms with E-state index in [4.69, 9.17) is 10.3 Å². The van der Waals surface area contributed by atoms with Crippen LogP contribution in [0.3, 0.4) is 0 Å². The number of nitrogens with zero attached hydrogens (tertiary/aromatic N) is 3. The van der Waals surface area contributed by atoms with Crippen molar-refractivity contribution in [2.24, 2.45) is 5.73 Å². The fraction of sp³-hybridized carbons (Fsp3) is 0.417. The lowest BCUT2D eigenvalue weighted by Crippen LogP contribution is -2.05. The Labute approximate surface area is 100 Å². The van der Waals surface area contributed by atoms with Crippen LogP contribution in [0.1, 0.15) is 36.7 Å². The molecule has 5 nitrogen and oxygen atoms in total. The number of aromatic nitrogens is 3. The van der Waals surface area contributed by atoms with Gasteiger partial charge in [-0.1, -0.05) is 18.1 Å². The minimum absolute atomic E-state index is 0.213. The molecule has 0 bridgehead atoms. The van der Waals surface area contributed by atoms with Crippen molar-refractivity contribution in [3.8, 4) is 0 Å². The lowest BCUT2D eigenvalue weighted by atomic mass is 10.1. The first-order chi connectivity index (χ1) is 8.29. The standard InChI is InChI=1S/C12H16N4O/c1-9(5-6-13)12-15-11(16-17-12)8-10-4-2-3-7-14-10/h2-4,7,9H,5-6,8,13H2,1H3. The number of hydrogen-bond donors (Lipinski definition) is 1. The van der Waals surface area contributed by atoms with E-state index in [1.54, 1.807) is 6.20 Å². The first-order valence-corrected chi connectivity index (χ1v) is 5.72. The fourth-order valence-corrected chi connectivity index (χ4v) is 1.58. The van der Waals surface area contributed by atoms with E-state index >= 15 is 0 Å². The molecule has 0 saturated carbocycles. The minimum Gasteiger partial charge on any atom is -0.339 e. The predicted octanol–water partition coefficient (Wildman–Crippen LogP) is 1.51. The highest BCUT2D eigenvalue weighted by atomic mass is 16.5. The van der Waals surface area contributed by atoms with E-state index in [2.05, 4.69) is 15.1 Å². The molecule has 1 unspecified atom stereocenters. The van der Waals surface area contributed by atoms with Crippen LogP contribution in [0.5, 0.6) is 0 Å². The van der Waals surface area contributed by atoms with Gasteiger partial charge < -0.3 is 10.3 Å². The van der Waals surface area contributed by atoms with Crippen molar-refractivity contribution in [3.05, 3.63) is 41.8 Å². The lowest BCUT2D eigenvalue weighted by Gasteiger charge is -2.01. The predicted molar refractivity (Wildman–Crippen MR) is 63.4 cm³/mol. The Hall–Kier alpha value is -1.75. The van der Waals surface area contributed by atoms with E-state index in [1.807, 2.05) is 25.1 Å². The SMILES string of the molecule is CC(CCN)c1nc(Cc2ccccn2)no1. The summed E-state index contributed by atoms with van der Waals surface area (Å²) in [6.45, 7) is 2.66. The first kappa shape index (κ1) is 11.7. The van der Waals surface area contributed by atoms with Gasteiger partial charge in [0.05, 0.1) is 6.42 Å². The molecule has 5 heteroatoms. The van der Waals surface area contributed by atoms with Gasteiger partial charge in [0.1, 0.15) is 0 Å². The quantitative estimate of drug-likeness (QED) is 0.845. The summed E-state index contributed by atoms with van der Waals surface area (Å²) in [6, 6.07) is 5.77. The van der Waals surface area contributed by atoms with E-state index in [0.29, 0.717) is 24.7 Å². The summed E-state index contributed by atoms with van der Waals surface area (Å²) in [6.07, 6.45) is 3.21. The van der Waals surface area contributed by atoms with Gasteiger partial charge in [0, 0.05) is 17.8 Å². The summed E-state index contributed by atoms with van der Waals surface area (Å²) in [5.41, 5.74) is 6.43. The van der Waals surface area contributed by atoms with Crippen LogP contribution in [0.4, 0.5) is 0 Å². The summed E-state index contributed by atoms with van der Waals surface area (Å²) >= 11 is 0. The van der Waals surface area contributed by atoms with Crippen molar-refractivity contribution in [3.63, 3.8) is 0 Å². The summed E-state index contributed by atoms with van der Waals surface area (Å²) in [4.78, 5) is 8.57. The molecule has 0 saturated heterocycles. The van der Waals surface area contributed by atoms with Crippen LogP contribution < -0.4 is 5.73 Å². The zero-order valence-corrected chi connectivity index (χ0v) is 9.84. The van der Waals surface area contributed by atoms with Crippen LogP contribution in [0.2, 0.25) is 0 Å². The molecular formula is C12H16N4O. The summed E-state index contributed by atoms with van der Waals surface area (Å²) in [5.74, 6) is 1.54. The highest BCUT2D eigenvalue weighted by molar-refractivity contribution is 5.09. The van der Waals surface area contributed by atoms with Crippen molar-refractivity contribution in [1.82, 2.24) is 15.1 Å². The van der Waals surface area contributed by atoms with Gasteiger partial charge in [-0.25, -0.2) is 0 Å². The van der Waals surface area contributed by atoms with E-state index < -0.39 is 0 Å². The molecule has 2 aromatic rings. The maximum atomic E-state index is 5.50. The second-order valence-electron chi connectivity index (χ2n) is 4.03. The second kappa shape index (κ2) is 5.54. The molecular weight excluding hydrogens is 216 g/mol. The third-order valence-electron chi connectivity index (χ3n) is 2.57. The van der Waals surface area contributed by atoms with Crippen LogP contribution >= 0.6 is 0 Å². The van der Waals surface area contributed by atoms with E-state index in [-0.39, 0.29) is 5.92 Å². The Balaban J connectivity index is 2.04. The smallest absolute Gasteiger partial charge is 0.229 e. The molecule has 17 heavy (non-hydrogen) atoms. The van der Waals surface area contributed by atoms with Crippen LogP contribution in [-0.2, 0) is 6.42 Å². The number of nitrogens with two attached hydrogens (primary N) is 1. The van der Waals surface area contributed by atoms with Gasteiger partial charge in [-0.3, -0.25) is 4.98 Å². The Bertz CT molecular complexity index is 455. The zero-order valence-electron chi connectivity index (χ0n) is 9.84. The van der Waals surface area contributed by atoms with Crippen LogP contribution in [0.25, 0.3) is 0 Å². The Kier molecular flexibility index (Phi) is 3.82. The highest BCUT2D eigenvalue weighted by Crippen LogP contribution is 2.16. The van der Waals surface area contributed by atoms with Gasteiger partial charge in [-0.05, 0) is 25.1 Å². The summed E-state index contributed by atoms with van der Waals surface area (Å²) < 4.78 is 5.21. The van der Waals surface area contributed by atoms with E-state index in [1.165, 1.54) is 0 Å². The van der Waals surface area contributed by atoms with Crippen molar-refractivity contribution in [1.29, 1.82) is 0 Å². The van der Waals surface area contributed by atoms with Crippen molar-refractivity contribution in [2.75, 3.05) is 6.54 Å². The molecule has 1 atom stereocenters. The largest absolute Gasteiger partial charge is 0.339 e. The maximum Gasteiger partial charge on any atom is 0.229 e. The van der Waals surface area contributed by atoms with Crippen LogP contribution in [-0.4, -0.2) is 21.7 Å². The van der Waals surface area contributed by atoms with E-state index in [9.17, 15) is 0 Å². The highest BCUT2D eigenvalue weighted by Gasteiger charge is 2.13. The van der Waals surface area contributed by atoms with Gasteiger partial charge in [0.2, 0.25) is 5.89 Å². The molecule has 0 fully saturated rings. The van der Waals surface area contributed by atoms with Gasteiger partial charge >= 0.3 is 0 Å². The van der Waals surface area contributed by atoms with Crippen molar-refractivity contribution < 1.29 is 4.52 Å². The Morgan fingerprint density at radius 2 is 2.29 bits per heavy atom. The molecule has 2 aromatic heterocycles. The van der Waals surface area contributed by atoms with Gasteiger partial charge in [-0.15, -0.1) is 0 Å². The first-order valence-electron chi connectivity index (χ1n) is 5.72. The van der Waals surface area contributed by atoms with Crippen LogP contribution in [0, 0.1) is 0 Å². The molecule has 2 N–H and O–H groups in total. The molecule has 0 aliphatic carbocycles. The minimum atomic E-state index is 0.213. The molecule has 2 heterocycles. The Morgan fingerprint density at radius 1 is 1.41 bits per heavy atom. The monoisotopic (exact) mass is 232 g/mol. The molecule has 0 aromatic carbocycles. The van der Waals surface area contributed by atoms with Crippen molar-refractivity contribution in [2.45, 2.75) is 25.7 Å². The summed E-state index contributed by atoms with van der Waals surface area (Å²) in [7, 11) is 0. The third kappa shape index (κ3) is 3.10. The molecule has 0 radical (unpaired) electrons. The molecule has 0 aliphatic heterocycles. The molecule has 90 valence electrons. The molecule has 0 spiro atoms. The number of rotatable bonds is 5. The molecule has 0 amide bonds. The average Bonchev–Trinajstić information content (AvgIpc) is 2.79. The Morgan fingerprint density at radius 3 is 3.00 bits per heavy atom. The number of pyridine rings is 1. The molecule has 0 aliphatic rings. The second-order valence-corrected chi connectivity index (χ2v) is 4.03.